The van der Waals surface area contributed by atoms with Crippen molar-refractivity contribution in [3.63, 3.8) is 0 Å². The van der Waals surface area contributed by atoms with E-state index in [4.69, 9.17) is 10.5 Å². The molecule has 0 spiro atoms. The molecule has 1 aromatic heterocycles. The molecule has 3 N–H and O–H groups in total. The predicted octanol–water partition coefficient (Wildman–Crippen LogP) is 1.94. The predicted molar refractivity (Wildman–Crippen MR) is 57.4 cm³/mol. The molecule has 0 atom stereocenters. The minimum atomic E-state index is -0.314. The molecular weight excluding hydrogens is 192 g/mol. The molecule has 82 valence electrons. The molecule has 0 saturated heterocycles. The normalized spacial score (nSPS) is 16.0. The van der Waals surface area contributed by atoms with E-state index >= 15 is 0 Å². The quantitative estimate of drug-likeness (QED) is 0.743. The maximum Gasteiger partial charge on any atom is 0.354 e. The average Bonchev–Trinajstić information content (AvgIpc) is 2.56. The van der Waals surface area contributed by atoms with Crippen LogP contribution in [-0.2, 0) is 4.74 Å². The molecule has 1 aliphatic carbocycles. The van der Waals surface area contributed by atoms with Gasteiger partial charge in [-0.3, -0.25) is 0 Å². The van der Waals surface area contributed by atoms with Crippen molar-refractivity contribution in [2.75, 3.05) is 12.3 Å². The summed E-state index contributed by atoms with van der Waals surface area (Å²) in [6.45, 7) is 0.516. The number of nitrogen functional groups attached to an aromatic ring is 1. The van der Waals surface area contributed by atoms with Gasteiger partial charge in [0.15, 0.2) is 0 Å². The summed E-state index contributed by atoms with van der Waals surface area (Å²) in [5.74, 6) is 0.456. The molecule has 1 aromatic rings. The fraction of sp³-hybridized carbons (Fsp3) is 0.545. The largest absolute Gasteiger partial charge is 0.461 e. The van der Waals surface area contributed by atoms with Gasteiger partial charge in [-0.1, -0.05) is 19.3 Å². The highest BCUT2D eigenvalue weighted by molar-refractivity contribution is 5.88. The van der Waals surface area contributed by atoms with Crippen LogP contribution in [0.25, 0.3) is 0 Å². The number of ether oxygens (including phenoxy) is 1. The molecule has 1 heterocycles. The van der Waals surface area contributed by atoms with Gasteiger partial charge in [0.2, 0.25) is 0 Å². The molecule has 1 saturated carbocycles. The van der Waals surface area contributed by atoms with E-state index in [1.807, 2.05) is 0 Å². The highest BCUT2D eigenvalue weighted by Gasteiger charge is 2.18. The SMILES string of the molecule is Nc1c[nH]c(C(=O)OCCC2CCC2)c1. The first-order valence-electron chi connectivity index (χ1n) is 5.37. The van der Waals surface area contributed by atoms with Crippen LogP contribution in [0, 0.1) is 5.92 Å². The van der Waals surface area contributed by atoms with Crippen LogP contribution >= 0.6 is 0 Å². The Morgan fingerprint density at radius 3 is 2.93 bits per heavy atom. The van der Waals surface area contributed by atoms with E-state index in [0.717, 1.165) is 12.3 Å². The number of hydrogen-bond donors (Lipinski definition) is 2. The Bertz CT molecular complexity index is 342. The number of carbonyl (C=O) groups is 1. The summed E-state index contributed by atoms with van der Waals surface area (Å²) in [5.41, 5.74) is 6.47. The summed E-state index contributed by atoms with van der Waals surface area (Å²) in [5, 5.41) is 0. The Kier molecular flexibility index (Phi) is 2.94. The van der Waals surface area contributed by atoms with Crippen LogP contribution < -0.4 is 5.73 Å². The first-order valence-corrected chi connectivity index (χ1v) is 5.37. The molecule has 0 aromatic carbocycles. The third-order valence-electron chi connectivity index (χ3n) is 2.91. The number of aromatic amines is 1. The first-order chi connectivity index (χ1) is 7.25. The van der Waals surface area contributed by atoms with Crippen LogP contribution in [0.2, 0.25) is 0 Å². The number of esters is 1. The third-order valence-corrected chi connectivity index (χ3v) is 2.91. The molecule has 15 heavy (non-hydrogen) atoms. The molecule has 0 amide bonds. The molecule has 2 rings (SSSR count). The summed E-state index contributed by atoms with van der Waals surface area (Å²) in [7, 11) is 0. The maximum atomic E-state index is 11.4. The first kappa shape index (κ1) is 10.1. The monoisotopic (exact) mass is 208 g/mol. The van der Waals surface area contributed by atoms with Gasteiger partial charge < -0.3 is 15.5 Å². The van der Waals surface area contributed by atoms with Crippen LogP contribution in [0.4, 0.5) is 5.69 Å². The van der Waals surface area contributed by atoms with E-state index in [0.29, 0.717) is 18.0 Å². The zero-order valence-corrected chi connectivity index (χ0v) is 8.66. The van der Waals surface area contributed by atoms with Crippen molar-refractivity contribution in [1.29, 1.82) is 0 Å². The highest BCUT2D eigenvalue weighted by Crippen LogP contribution is 2.29. The second kappa shape index (κ2) is 4.38. The Hall–Kier alpha value is -1.45. The maximum absolute atomic E-state index is 11.4. The fourth-order valence-electron chi connectivity index (χ4n) is 1.71. The van der Waals surface area contributed by atoms with Crippen LogP contribution in [0.3, 0.4) is 0 Å². The summed E-state index contributed by atoms with van der Waals surface area (Å²) < 4.78 is 5.12. The van der Waals surface area contributed by atoms with Crippen molar-refractivity contribution in [3.05, 3.63) is 18.0 Å². The number of H-pyrrole nitrogens is 1. The average molecular weight is 208 g/mol. The molecule has 1 fully saturated rings. The number of rotatable bonds is 4. The lowest BCUT2D eigenvalue weighted by atomic mass is 9.83. The van der Waals surface area contributed by atoms with E-state index in [2.05, 4.69) is 4.98 Å². The van der Waals surface area contributed by atoms with Gasteiger partial charge in [-0.05, 0) is 18.4 Å². The number of aromatic nitrogens is 1. The van der Waals surface area contributed by atoms with Crippen molar-refractivity contribution >= 4 is 11.7 Å². The molecule has 0 radical (unpaired) electrons. The molecule has 0 aliphatic heterocycles. The molecule has 4 nitrogen and oxygen atoms in total. The van der Waals surface area contributed by atoms with E-state index < -0.39 is 0 Å². The summed E-state index contributed by atoms with van der Waals surface area (Å²) in [6, 6.07) is 1.59. The van der Waals surface area contributed by atoms with Crippen LogP contribution in [0.15, 0.2) is 12.3 Å². The van der Waals surface area contributed by atoms with Crippen LogP contribution in [-0.4, -0.2) is 17.6 Å². The van der Waals surface area contributed by atoms with Gasteiger partial charge in [0.1, 0.15) is 5.69 Å². The van der Waals surface area contributed by atoms with Gasteiger partial charge in [-0.25, -0.2) is 4.79 Å². The third kappa shape index (κ3) is 2.52. The molecule has 0 bridgehead atoms. The van der Waals surface area contributed by atoms with Crippen LogP contribution in [0.1, 0.15) is 36.2 Å². The standard InChI is InChI=1S/C11H16N2O2/c12-9-6-10(13-7-9)11(14)15-5-4-8-2-1-3-8/h6-8,13H,1-5,12H2. The zero-order chi connectivity index (χ0) is 10.7. The van der Waals surface area contributed by atoms with E-state index in [1.54, 1.807) is 12.3 Å². The Morgan fingerprint density at radius 2 is 2.40 bits per heavy atom. The summed E-state index contributed by atoms with van der Waals surface area (Å²) in [6.07, 6.45) is 6.47. The number of carbonyl (C=O) groups excluding carboxylic acids is 1. The van der Waals surface area contributed by atoms with Gasteiger partial charge >= 0.3 is 5.97 Å². The Morgan fingerprint density at radius 1 is 1.60 bits per heavy atom. The van der Waals surface area contributed by atoms with Gasteiger partial charge in [0, 0.05) is 6.20 Å². The minimum absolute atomic E-state index is 0.314. The molecule has 4 heteroatoms. The Balaban J connectivity index is 1.72. The lowest BCUT2D eigenvalue weighted by Crippen LogP contribution is -2.15. The Labute approximate surface area is 88.8 Å². The van der Waals surface area contributed by atoms with Gasteiger partial charge in [-0.15, -0.1) is 0 Å². The summed E-state index contributed by atoms with van der Waals surface area (Å²) >= 11 is 0. The summed E-state index contributed by atoms with van der Waals surface area (Å²) in [4.78, 5) is 14.2. The lowest BCUT2D eigenvalue weighted by Gasteiger charge is -2.24. The number of hydrogen-bond acceptors (Lipinski definition) is 3. The van der Waals surface area contributed by atoms with Gasteiger partial charge in [0.25, 0.3) is 0 Å². The van der Waals surface area contributed by atoms with E-state index in [1.165, 1.54) is 19.3 Å². The fourth-order valence-corrected chi connectivity index (χ4v) is 1.71. The van der Waals surface area contributed by atoms with E-state index in [9.17, 15) is 4.79 Å². The van der Waals surface area contributed by atoms with Crippen molar-refractivity contribution in [1.82, 2.24) is 4.98 Å². The van der Waals surface area contributed by atoms with Crippen LogP contribution in [0.5, 0.6) is 0 Å². The zero-order valence-electron chi connectivity index (χ0n) is 8.66. The number of nitrogens with one attached hydrogen (secondary N) is 1. The highest BCUT2D eigenvalue weighted by atomic mass is 16.5. The lowest BCUT2D eigenvalue weighted by molar-refractivity contribution is 0.0458. The van der Waals surface area contributed by atoms with Crippen molar-refractivity contribution in [2.45, 2.75) is 25.7 Å². The van der Waals surface area contributed by atoms with E-state index in [-0.39, 0.29) is 5.97 Å². The smallest absolute Gasteiger partial charge is 0.354 e. The molecule has 0 unspecified atom stereocenters. The van der Waals surface area contributed by atoms with Gasteiger partial charge in [-0.2, -0.15) is 0 Å². The minimum Gasteiger partial charge on any atom is -0.461 e. The molecule has 1 aliphatic rings. The topological polar surface area (TPSA) is 68.1 Å². The second-order valence-corrected chi connectivity index (χ2v) is 4.07. The van der Waals surface area contributed by atoms with Gasteiger partial charge in [0.05, 0.1) is 12.3 Å². The molecular formula is C11H16N2O2. The van der Waals surface area contributed by atoms with Crippen molar-refractivity contribution in [2.24, 2.45) is 5.92 Å². The number of anilines is 1. The van der Waals surface area contributed by atoms with Crippen molar-refractivity contribution in [3.8, 4) is 0 Å². The second-order valence-electron chi connectivity index (χ2n) is 4.07. The van der Waals surface area contributed by atoms with Crippen molar-refractivity contribution < 1.29 is 9.53 Å². The number of nitrogens with two attached hydrogens (primary N) is 1.